The van der Waals surface area contributed by atoms with Gasteiger partial charge in [-0.05, 0) is 24.6 Å². The molecule has 1 aromatic carbocycles. The third kappa shape index (κ3) is 2.30. The van der Waals surface area contributed by atoms with Crippen LogP contribution in [0.4, 0.5) is 5.69 Å². The summed E-state index contributed by atoms with van der Waals surface area (Å²) in [5.74, 6) is -0.218. The second-order valence-electron chi connectivity index (χ2n) is 4.34. The molecule has 5 nitrogen and oxygen atoms in total. The minimum Gasteiger partial charge on any atom is -0.399 e. The lowest BCUT2D eigenvalue weighted by Crippen LogP contribution is -2.56. The Hall–Kier alpha value is -2.04. The van der Waals surface area contributed by atoms with Crippen LogP contribution in [-0.2, 0) is 4.79 Å². The van der Waals surface area contributed by atoms with E-state index in [1.165, 1.54) is 0 Å². The molecule has 1 saturated heterocycles. The Morgan fingerprint density at radius 3 is 3.00 bits per heavy atom. The Kier molecular flexibility index (Phi) is 3.50. The molecule has 5 heteroatoms. The number of nitrogens with one attached hydrogen (secondary N) is 1. The van der Waals surface area contributed by atoms with E-state index in [4.69, 9.17) is 5.73 Å². The smallest absolute Gasteiger partial charge is 0.254 e. The molecular weight excluding hydrogens is 230 g/mol. The average Bonchev–Trinajstić information content (AvgIpc) is 2.37. The van der Waals surface area contributed by atoms with Crippen LogP contribution in [0.1, 0.15) is 23.7 Å². The van der Waals surface area contributed by atoms with Crippen LogP contribution in [0, 0.1) is 0 Å². The Bertz CT molecular complexity index is 473. The van der Waals surface area contributed by atoms with E-state index >= 15 is 0 Å². The zero-order valence-corrected chi connectivity index (χ0v) is 10.3. The Balaban J connectivity index is 2.24. The highest BCUT2D eigenvalue weighted by Gasteiger charge is 2.31. The summed E-state index contributed by atoms with van der Waals surface area (Å²) in [6.07, 6.45) is 0.611. The average molecular weight is 247 g/mol. The van der Waals surface area contributed by atoms with Gasteiger partial charge in [0.25, 0.3) is 5.91 Å². The van der Waals surface area contributed by atoms with Crippen molar-refractivity contribution < 1.29 is 9.59 Å². The lowest BCUT2D eigenvalue weighted by atomic mass is 10.1. The maximum atomic E-state index is 12.4. The summed E-state index contributed by atoms with van der Waals surface area (Å²) in [6, 6.07) is 6.46. The van der Waals surface area contributed by atoms with Crippen molar-refractivity contribution in [3.05, 3.63) is 29.8 Å². The number of anilines is 1. The molecule has 96 valence electrons. The summed E-state index contributed by atoms with van der Waals surface area (Å²) in [4.78, 5) is 25.7. The minimum atomic E-state index is -0.382. The van der Waals surface area contributed by atoms with Gasteiger partial charge in [0, 0.05) is 24.3 Å². The molecule has 1 unspecified atom stereocenters. The second kappa shape index (κ2) is 5.08. The van der Waals surface area contributed by atoms with E-state index < -0.39 is 0 Å². The van der Waals surface area contributed by atoms with Crippen LogP contribution in [0.2, 0.25) is 0 Å². The number of rotatable bonds is 2. The maximum absolute atomic E-state index is 12.4. The maximum Gasteiger partial charge on any atom is 0.254 e. The predicted octanol–water partition coefficient (Wildman–Crippen LogP) is 0.619. The van der Waals surface area contributed by atoms with Crippen molar-refractivity contribution in [1.29, 1.82) is 0 Å². The van der Waals surface area contributed by atoms with Gasteiger partial charge in [-0.3, -0.25) is 9.59 Å². The molecule has 0 spiro atoms. The number of nitrogens with two attached hydrogens (primary N) is 1. The van der Waals surface area contributed by atoms with Crippen LogP contribution in [0.15, 0.2) is 24.3 Å². The summed E-state index contributed by atoms with van der Waals surface area (Å²) in [5.41, 5.74) is 6.75. The monoisotopic (exact) mass is 247 g/mol. The van der Waals surface area contributed by atoms with Gasteiger partial charge in [-0.25, -0.2) is 0 Å². The summed E-state index contributed by atoms with van der Waals surface area (Å²) in [5, 5.41) is 2.77. The first-order chi connectivity index (χ1) is 8.63. The summed E-state index contributed by atoms with van der Waals surface area (Å²) < 4.78 is 0. The fourth-order valence-electron chi connectivity index (χ4n) is 2.20. The van der Waals surface area contributed by atoms with E-state index in [9.17, 15) is 9.59 Å². The van der Waals surface area contributed by atoms with Crippen LogP contribution < -0.4 is 11.1 Å². The molecule has 2 rings (SSSR count). The Labute approximate surface area is 106 Å². The van der Waals surface area contributed by atoms with Gasteiger partial charge in [-0.1, -0.05) is 13.0 Å². The van der Waals surface area contributed by atoms with Crippen molar-refractivity contribution in [3.63, 3.8) is 0 Å². The molecule has 1 aromatic rings. The SMILES string of the molecule is CCC1C(=O)NCCN1C(=O)c1cccc(N)c1. The van der Waals surface area contributed by atoms with Crippen molar-refractivity contribution in [3.8, 4) is 0 Å². The molecule has 0 radical (unpaired) electrons. The molecule has 3 N–H and O–H groups in total. The first kappa shape index (κ1) is 12.4. The number of nitrogen functional groups attached to an aromatic ring is 1. The third-order valence-corrected chi connectivity index (χ3v) is 3.11. The Morgan fingerprint density at radius 1 is 1.56 bits per heavy atom. The van der Waals surface area contributed by atoms with E-state index in [0.29, 0.717) is 30.8 Å². The lowest BCUT2D eigenvalue weighted by Gasteiger charge is -2.34. The predicted molar refractivity (Wildman–Crippen MR) is 69.0 cm³/mol. The van der Waals surface area contributed by atoms with E-state index in [1.807, 2.05) is 6.92 Å². The highest BCUT2D eigenvalue weighted by atomic mass is 16.2. The fraction of sp³-hybridized carbons (Fsp3) is 0.385. The quantitative estimate of drug-likeness (QED) is 0.752. The molecule has 0 aromatic heterocycles. The van der Waals surface area contributed by atoms with Gasteiger partial charge in [0.15, 0.2) is 0 Å². The van der Waals surface area contributed by atoms with Gasteiger partial charge in [0.2, 0.25) is 5.91 Å². The molecule has 1 atom stereocenters. The summed E-state index contributed by atoms with van der Waals surface area (Å²) >= 11 is 0. The molecule has 0 aliphatic carbocycles. The largest absolute Gasteiger partial charge is 0.399 e. The van der Waals surface area contributed by atoms with Gasteiger partial charge in [0.1, 0.15) is 6.04 Å². The molecule has 0 saturated carbocycles. The molecular formula is C13H17N3O2. The van der Waals surface area contributed by atoms with E-state index in [2.05, 4.69) is 5.32 Å². The highest BCUT2D eigenvalue weighted by Crippen LogP contribution is 2.15. The lowest BCUT2D eigenvalue weighted by molar-refractivity contribution is -0.127. The molecule has 18 heavy (non-hydrogen) atoms. The van der Waals surface area contributed by atoms with Gasteiger partial charge in [-0.15, -0.1) is 0 Å². The molecule has 1 aliphatic heterocycles. The van der Waals surface area contributed by atoms with Crippen LogP contribution in [-0.4, -0.2) is 35.8 Å². The summed E-state index contributed by atoms with van der Waals surface area (Å²) in [7, 11) is 0. The van der Waals surface area contributed by atoms with E-state index in [-0.39, 0.29) is 17.9 Å². The standard InChI is InChI=1S/C13H17N3O2/c1-2-11-12(17)15-6-7-16(11)13(18)9-4-3-5-10(14)8-9/h3-5,8,11H,2,6-7,14H2,1H3,(H,15,17). The number of carbonyl (C=O) groups excluding carboxylic acids is 2. The second-order valence-corrected chi connectivity index (χ2v) is 4.34. The molecule has 1 aliphatic rings. The number of carbonyl (C=O) groups is 2. The van der Waals surface area contributed by atoms with Crippen molar-refractivity contribution in [2.45, 2.75) is 19.4 Å². The van der Waals surface area contributed by atoms with Gasteiger partial charge >= 0.3 is 0 Å². The van der Waals surface area contributed by atoms with Crippen LogP contribution in [0.25, 0.3) is 0 Å². The van der Waals surface area contributed by atoms with Crippen LogP contribution in [0.5, 0.6) is 0 Å². The zero-order valence-electron chi connectivity index (χ0n) is 10.3. The van der Waals surface area contributed by atoms with Gasteiger partial charge < -0.3 is 16.0 Å². The third-order valence-electron chi connectivity index (χ3n) is 3.11. The van der Waals surface area contributed by atoms with Crippen molar-refractivity contribution in [2.75, 3.05) is 18.8 Å². The first-order valence-electron chi connectivity index (χ1n) is 6.07. The summed E-state index contributed by atoms with van der Waals surface area (Å²) in [6.45, 7) is 2.94. The van der Waals surface area contributed by atoms with Crippen LogP contribution in [0.3, 0.4) is 0 Å². The molecule has 0 bridgehead atoms. The number of piperazine rings is 1. The van der Waals surface area contributed by atoms with E-state index in [0.717, 1.165) is 0 Å². The Morgan fingerprint density at radius 2 is 2.33 bits per heavy atom. The zero-order chi connectivity index (χ0) is 13.1. The number of hydrogen-bond donors (Lipinski definition) is 2. The fourth-order valence-corrected chi connectivity index (χ4v) is 2.20. The first-order valence-corrected chi connectivity index (χ1v) is 6.07. The molecule has 1 heterocycles. The van der Waals surface area contributed by atoms with Crippen molar-refractivity contribution in [1.82, 2.24) is 10.2 Å². The number of benzene rings is 1. The van der Waals surface area contributed by atoms with Gasteiger partial charge in [-0.2, -0.15) is 0 Å². The normalized spacial score (nSPS) is 19.5. The topological polar surface area (TPSA) is 75.4 Å². The highest BCUT2D eigenvalue weighted by molar-refractivity contribution is 5.98. The van der Waals surface area contributed by atoms with Crippen LogP contribution >= 0.6 is 0 Å². The number of nitrogens with zero attached hydrogens (tertiary/aromatic N) is 1. The number of amides is 2. The molecule has 2 amide bonds. The van der Waals surface area contributed by atoms with Crippen molar-refractivity contribution >= 4 is 17.5 Å². The molecule has 1 fully saturated rings. The number of hydrogen-bond acceptors (Lipinski definition) is 3. The van der Waals surface area contributed by atoms with Gasteiger partial charge in [0.05, 0.1) is 0 Å². The van der Waals surface area contributed by atoms with Crippen molar-refractivity contribution in [2.24, 2.45) is 0 Å². The minimum absolute atomic E-state index is 0.0824. The van der Waals surface area contributed by atoms with E-state index in [1.54, 1.807) is 29.2 Å².